The number of carbonyl (C=O) groups is 3. The number of amides is 1. The molecule has 0 spiro atoms. The minimum atomic E-state index is -1.63. The van der Waals surface area contributed by atoms with Gasteiger partial charge in [0.1, 0.15) is 0 Å². The molecule has 0 heterocycles. The van der Waals surface area contributed by atoms with Crippen LogP contribution in [0.25, 0.3) is 0 Å². The molecule has 1 aromatic rings. The molecule has 0 unspecified atom stereocenters. The molecule has 0 aliphatic carbocycles. The van der Waals surface area contributed by atoms with Gasteiger partial charge in [-0.3, -0.25) is 4.79 Å². The van der Waals surface area contributed by atoms with Crippen molar-refractivity contribution in [1.82, 2.24) is 5.06 Å². The van der Waals surface area contributed by atoms with Gasteiger partial charge in [-0.05, 0) is 12.1 Å². The van der Waals surface area contributed by atoms with Crippen LogP contribution in [0.3, 0.4) is 0 Å². The average Bonchev–Trinajstić information content (AvgIpc) is 2.46. The van der Waals surface area contributed by atoms with Crippen LogP contribution in [0.15, 0.2) is 30.3 Å². The summed E-state index contributed by atoms with van der Waals surface area (Å²) in [5.74, 6) is -3.04. The lowest BCUT2D eigenvalue weighted by Gasteiger charge is -2.25. The van der Waals surface area contributed by atoms with Gasteiger partial charge in [0.25, 0.3) is 5.91 Å². The van der Waals surface area contributed by atoms with E-state index in [4.69, 9.17) is 15.1 Å². The van der Waals surface area contributed by atoms with E-state index in [2.05, 4.69) is 0 Å². The first-order chi connectivity index (χ1) is 9.51. The minimum absolute atomic E-state index is 0.0636. The van der Waals surface area contributed by atoms with Crippen molar-refractivity contribution < 1.29 is 29.4 Å². The van der Waals surface area contributed by atoms with E-state index >= 15 is 0 Å². The van der Waals surface area contributed by atoms with Gasteiger partial charge in [0.15, 0.2) is 6.04 Å². The van der Waals surface area contributed by atoms with Crippen molar-refractivity contribution in [2.75, 3.05) is 6.61 Å². The van der Waals surface area contributed by atoms with Crippen molar-refractivity contribution >= 4 is 17.8 Å². The molecule has 2 N–H and O–H groups in total. The number of aliphatic hydroxyl groups is 1. The fraction of sp³-hybridized carbons (Fsp3) is 0.308. The number of carboxylic acids is 1. The number of nitrogens with zero attached hydrogens (tertiary/aromatic N) is 1. The zero-order valence-corrected chi connectivity index (χ0v) is 10.9. The lowest BCUT2D eigenvalue weighted by molar-refractivity contribution is -0.190. The predicted octanol–water partition coefficient (Wildman–Crippen LogP) is 0.443. The van der Waals surface area contributed by atoms with Crippen LogP contribution >= 0.6 is 0 Å². The van der Waals surface area contributed by atoms with Gasteiger partial charge in [-0.15, -0.1) is 0 Å². The molecule has 1 atom stereocenters. The lowest BCUT2D eigenvalue weighted by atomic mass is 10.2. The molecular formula is C13H15NO6. The van der Waals surface area contributed by atoms with Crippen LogP contribution in [0.1, 0.15) is 23.7 Å². The third kappa shape index (κ3) is 3.79. The first kappa shape index (κ1) is 15.6. The standard InChI is InChI=1S/C13H15NO6/c1-2-11(16)14(10(8-15)12(17)18)20-13(19)9-6-4-3-5-7-9/h3-7,10,15H,2,8H2,1H3,(H,17,18)/t10-/m0/s1. The number of hydrogen-bond acceptors (Lipinski definition) is 5. The Balaban J connectivity index is 2.93. The topological polar surface area (TPSA) is 104 Å². The van der Waals surface area contributed by atoms with E-state index in [1.165, 1.54) is 19.1 Å². The van der Waals surface area contributed by atoms with Crippen LogP contribution in [-0.4, -0.2) is 45.8 Å². The first-order valence-electron chi connectivity index (χ1n) is 5.94. The van der Waals surface area contributed by atoms with E-state index in [1.807, 2.05) is 0 Å². The Morgan fingerprint density at radius 3 is 2.30 bits per heavy atom. The van der Waals surface area contributed by atoms with Gasteiger partial charge in [-0.2, -0.15) is 5.06 Å². The van der Waals surface area contributed by atoms with Crippen LogP contribution in [0.2, 0.25) is 0 Å². The van der Waals surface area contributed by atoms with Gasteiger partial charge in [-0.1, -0.05) is 25.1 Å². The van der Waals surface area contributed by atoms with Gasteiger partial charge in [0.2, 0.25) is 0 Å². The predicted molar refractivity (Wildman–Crippen MR) is 67.5 cm³/mol. The van der Waals surface area contributed by atoms with Gasteiger partial charge >= 0.3 is 11.9 Å². The average molecular weight is 281 g/mol. The molecule has 1 amide bonds. The third-order valence-electron chi connectivity index (χ3n) is 2.48. The Hall–Kier alpha value is -2.41. The number of rotatable bonds is 5. The van der Waals surface area contributed by atoms with Crippen LogP contribution in [0.5, 0.6) is 0 Å². The molecule has 7 heteroatoms. The summed E-state index contributed by atoms with van der Waals surface area (Å²) in [7, 11) is 0. The summed E-state index contributed by atoms with van der Waals surface area (Å²) in [5, 5.41) is 18.4. The molecule has 0 fully saturated rings. The number of carboxylic acid groups (broad SMARTS) is 1. The molecule has 1 rings (SSSR count). The molecule has 7 nitrogen and oxygen atoms in total. The Labute approximate surface area is 115 Å². The highest BCUT2D eigenvalue weighted by Crippen LogP contribution is 2.09. The lowest BCUT2D eigenvalue weighted by Crippen LogP contribution is -2.48. The molecule has 0 saturated carbocycles. The molecule has 108 valence electrons. The summed E-state index contributed by atoms with van der Waals surface area (Å²) < 4.78 is 0. The Kier molecular flexibility index (Phi) is 5.67. The molecule has 0 aliphatic heterocycles. The van der Waals surface area contributed by atoms with E-state index in [0.29, 0.717) is 5.06 Å². The molecular weight excluding hydrogens is 266 g/mol. The molecule has 0 saturated heterocycles. The van der Waals surface area contributed by atoms with Crippen molar-refractivity contribution in [1.29, 1.82) is 0 Å². The second-order valence-electron chi connectivity index (χ2n) is 3.85. The van der Waals surface area contributed by atoms with Gasteiger partial charge in [-0.25, -0.2) is 9.59 Å². The molecule has 0 bridgehead atoms. The fourth-order valence-corrected chi connectivity index (χ4v) is 1.41. The Morgan fingerprint density at radius 1 is 1.25 bits per heavy atom. The summed E-state index contributed by atoms with van der Waals surface area (Å²) >= 11 is 0. The van der Waals surface area contributed by atoms with Crippen molar-refractivity contribution in [3.8, 4) is 0 Å². The maximum absolute atomic E-state index is 11.8. The highest BCUT2D eigenvalue weighted by molar-refractivity contribution is 5.91. The minimum Gasteiger partial charge on any atom is -0.480 e. The number of aliphatic hydroxyl groups excluding tert-OH is 1. The Bertz CT molecular complexity index is 487. The second-order valence-corrected chi connectivity index (χ2v) is 3.85. The summed E-state index contributed by atoms with van der Waals surface area (Å²) in [6, 6.07) is 6.19. The molecule has 1 aromatic carbocycles. The summed E-state index contributed by atoms with van der Waals surface area (Å²) in [6.07, 6.45) is -0.0636. The third-order valence-corrected chi connectivity index (χ3v) is 2.48. The zero-order chi connectivity index (χ0) is 15.1. The zero-order valence-electron chi connectivity index (χ0n) is 10.9. The molecule has 20 heavy (non-hydrogen) atoms. The largest absolute Gasteiger partial charge is 0.480 e. The van der Waals surface area contributed by atoms with Crippen molar-refractivity contribution in [3.63, 3.8) is 0 Å². The van der Waals surface area contributed by atoms with Gasteiger partial charge in [0.05, 0.1) is 12.2 Å². The van der Waals surface area contributed by atoms with E-state index in [9.17, 15) is 14.4 Å². The molecule has 0 aromatic heterocycles. The van der Waals surface area contributed by atoms with Crippen LogP contribution in [0, 0.1) is 0 Å². The van der Waals surface area contributed by atoms with Crippen LogP contribution < -0.4 is 0 Å². The molecule has 0 aliphatic rings. The van der Waals surface area contributed by atoms with E-state index in [0.717, 1.165) is 0 Å². The van der Waals surface area contributed by atoms with E-state index in [1.54, 1.807) is 18.2 Å². The SMILES string of the molecule is CCC(=O)N(OC(=O)c1ccccc1)[C@@H](CO)C(=O)O. The van der Waals surface area contributed by atoms with Gasteiger partial charge in [0, 0.05) is 6.42 Å². The van der Waals surface area contributed by atoms with Gasteiger partial charge < -0.3 is 15.1 Å². The summed E-state index contributed by atoms with van der Waals surface area (Å²) in [5.41, 5.74) is 0.170. The monoisotopic (exact) mass is 281 g/mol. The van der Waals surface area contributed by atoms with Crippen molar-refractivity contribution in [2.24, 2.45) is 0 Å². The first-order valence-corrected chi connectivity index (χ1v) is 5.94. The highest BCUT2D eigenvalue weighted by atomic mass is 16.7. The van der Waals surface area contributed by atoms with Crippen LogP contribution in [-0.2, 0) is 14.4 Å². The van der Waals surface area contributed by atoms with Crippen molar-refractivity contribution in [2.45, 2.75) is 19.4 Å². The number of hydroxylamine groups is 2. The maximum atomic E-state index is 11.8. The quantitative estimate of drug-likeness (QED) is 0.759. The number of hydrogen-bond donors (Lipinski definition) is 2. The highest BCUT2D eigenvalue weighted by Gasteiger charge is 2.32. The van der Waals surface area contributed by atoms with Crippen molar-refractivity contribution in [3.05, 3.63) is 35.9 Å². The smallest absolute Gasteiger partial charge is 0.363 e. The summed E-state index contributed by atoms with van der Waals surface area (Å²) in [6.45, 7) is 0.630. The fourth-order valence-electron chi connectivity index (χ4n) is 1.41. The second kappa shape index (κ2) is 7.25. The summed E-state index contributed by atoms with van der Waals surface area (Å²) in [4.78, 5) is 39.3. The number of aliphatic carboxylic acids is 1. The number of benzene rings is 1. The molecule has 0 radical (unpaired) electrons. The van der Waals surface area contributed by atoms with Crippen LogP contribution in [0.4, 0.5) is 0 Å². The maximum Gasteiger partial charge on any atom is 0.363 e. The number of carbonyl (C=O) groups excluding carboxylic acids is 2. The van der Waals surface area contributed by atoms with E-state index in [-0.39, 0.29) is 12.0 Å². The van der Waals surface area contributed by atoms with E-state index < -0.39 is 30.5 Å². The normalized spacial score (nSPS) is 11.5. The Morgan fingerprint density at radius 2 is 1.85 bits per heavy atom.